The summed E-state index contributed by atoms with van der Waals surface area (Å²) in [5.41, 5.74) is 0. The van der Waals surface area contributed by atoms with Gasteiger partial charge in [0, 0.05) is 12.8 Å². The van der Waals surface area contributed by atoms with Gasteiger partial charge in [-0.2, -0.15) is 0 Å². The molecule has 1 amide bonds. The van der Waals surface area contributed by atoms with Crippen molar-refractivity contribution in [2.75, 3.05) is 13.2 Å². The molecule has 0 aromatic rings. The zero-order chi connectivity index (χ0) is 54.3. The van der Waals surface area contributed by atoms with E-state index in [0.717, 1.165) is 38.5 Å². The van der Waals surface area contributed by atoms with Crippen molar-refractivity contribution < 1.29 is 24.5 Å². The number of aliphatic hydroxyl groups is 2. The van der Waals surface area contributed by atoms with Gasteiger partial charge in [0.2, 0.25) is 5.91 Å². The number of hydrogen-bond donors (Lipinski definition) is 3. The van der Waals surface area contributed by atoms with Gasteiger partial charge in [0.25, 0.3) is 0 Å². The van der Waals surface area contributed by atoms with E-state index in [2.05, 4.69) is 31.3 Å². The van der Waals surface area contributed by atoms with E-state index in [-0.39, 0.29) is 18.5 Å². The van der Waals surface area contributed by atoms with Crippen LogP contribution in [0.1, 0.15) is 393 Å². The summed E-state index contributed by atoms with van der Waals surface area (Å²) in [4.78, 5) is 24.5. The molecule has 0 fully saturated rings. The van der Waals surface area contributed by atoms with Crippen molar-refractivity contribution in [3.8, 4) is 0 Å². The Morgan fingerprint density at radius 2 is 0.627 bits per heavy atom. The molecule has 0 rings (SSSR count). The monoisotopic (exact) mass is 1060 g/mol. The lowest BCUT2D eigenvalue weighted by Crippen LogP contribution is -2.45. The fraction of sp³-hybridized carbons (Fsp3) is 0.942. The fourth-order valence-electron chi connectivity index (χ4n) is 11.1. The van der Waals surface area contributed by atoms with Crippen LogP contribution in [0.15, 0.2) is 12.2 Å². The highest BCUT2D eigenvalue weighted by atomic mass is 16.5. The normalized spacial score (nSPS) is 12.5. The first-order chi connectivity index (χ1) is 37.0. The van der Waals surface area contributed by atoms with E-state index in [0.29, 0.717) is 25.9 Å². The molecular weight excluding hydrogens is 923 g/mol. The molecule has 0 aliphatic carbocycles. The molecule has 75 heavy (non-hydrogen) atoms. The Bertz CT molecular complexity index is 1130. The average molecular weight is 1060 g/mol. The highest BCUT2D eigenvalue weighted by Gasteiger charge is 2.20. The SMILES string of the molecule is CCCCCCCCCCCCCCCC(=O)OCCCCCCCCCCCCCC/C=C\CCCCCCCCCCCCCCCCCCC(=O)NC(CO)C(O)CCCCCCCCCCCCCCC. The quantitative estimate of drug-likeness (QED) is 0.0320. The van der Waals surface area contributed by atoms with Crippen LogP contribution < -0.4 is 5.32 Å². The van der Waals surface area contributed by atoms with Gasteiger partial charge >= 0.3 is 5.97 Å². The van der Waals surface area contributed by atoms with Gasteiger partial charge in [0.1, 0.15) is 0 Å². The van der Waals surface area contributed by atoms with Gasteiger partial charge in [-0.15, -0.1) is 0 Å². The second-order valence-corrected chi connectivity index (χ2v) is 23.9. The number of unbranched alkanes of at least 4 members (excludes halogenated alkanes) is 52. The van der Waals surface area contributed by atoms with Crippen LogP contribution in [0.4, 0.5) is 0 Å². The average Bonchev–Trinajstić information content (AvgIpc) is 3.41. The molecule has 6 nitrogen and oxygen atoms in total. The lowest BCUT2D eigenvalue weighted by molar-refractivity contribution is -0.143. The Morgan fingerprint density at radius 3 is 0.947 bits per heavy atom. The van der Waals surface area contributed by atoms with E-state index in [1.807, 2.05) is 0 Å². The third kappa shape index (κ3) is 61.7. The highest BCUT2D eigenvalue weighted by Crippen LogP contribution is 2.19. The summed E-state index contributed by atoms with van der Waals surface area (Å²) in [6, 6.07) is -0.538. The molecule has 0 bridgehead atoms. The predicted octanol–water partition coefficient (Wildman–Crippen LogP) is 22.0. The third-order valence-corrected chi connectivity index (χ3v) is 16.3. The lowest BCUT2D eigenvalue weighted by atomic mass is 10.0. The molecule has 446 valence electrons. The molecule has 0 aliphatic heterocycles. The number of rotatable bonds is 65. The van der Waals surface area contributed by atoms with Gasteiger partial charge in [-0.3, -0.25) is 9.59 Å². The van der Waals surface area contributed by atoms with Crippen molar-refractivity contribution in [1.29, 1.82) is 0 Å². The standard InChI is InChI=1S/C69H135NO5/c1-3-5-7-9-11-13-15-37-41-45-49-53-57-61-67(72)66(65-71)70-68(73)62-58-54-50-46-42-39-35-33-31-29-27-25-23-21-19-17-18-20-22-24-26-28-30-32-34-36-40-44-48-52-56-60-64-75-69(74)63-59-55-51-47-43-38-16-14-12-10-8-6-4-2/h20,22,66-67,71-72H,3-19,21,23-65H2,1-2H3,(H,70,73)/b22-20-. The molecule has 0 saturated heterocycles. The molecule has 0 aromatic carbocycles. The minimum Gasteiger partial charge on any atom is -0.466 e. The first kappa shape index (κ1) is 73.6. The summed E-state index contributed by atoms with van der Waals surface area (Å²) in [7, 11) is 0. The maximum Gasteiger partial charge on any atom is 0.305 e. The van der Waals surface area contributed by atoms with Crippen molar-refractivity contribution in [2.45, 2.75) is 405 Å². The molecule has 0 radical (unpaired) electrons. The van der Waals surface area contributed by atoms with E-state index in [9.17, 15) is 19.8 Å². The van der Waals surface area contributed by atoms with Crippen molar-refractivity contribution in [1.82, 2.24) is 5.32 Å². The van der Waals surface area contributed by atoms with Gasteiger partial charge < -0.3 is 20.3 Å². The maximum absolute atomic E-state index is 12.5. The van der Waals surface area contributed by atoms with E-state index in [1.165, 1.54) is 321 Å². The van der Waals surface area contributed by atoms with Gasteiger partial charge in [-0.25, -0.2) is 0 Å². The van der Waals surface area contributed by atoms with Crippen LogP contribution in [0.5, 0.6) is 0 Å². The highest BCUT2D eigenvalue weighted by molar-refractivity contribution is 5.76. The smallest absolute Gasteiger partial charge is 0.305 e. The number of ether oxygens (including phenoxy) is 1. The van der Waals surface area contributed by atoms with Gasteiger partial charge in [0.15, 0.2) is 0 Å². The van der Waals surface area contributed by atoms with Crippen LogP contribution in [0, 0.1) is 0 Å². The minimum absolute atomic E-state index is 0.0205. The van der Waals surface area contributed by atoms with Crippen molar-refractivity contribution in [2.24, 2.45) is 0 Å². The van der Waals surface area contributed by atoms with Gasteiger partial charge in [0.05, 0.1) is 25.4 Å². The Labute approximate surface area is 469 Å². The molecule has 2 unspecified atom stereocenters. The number of esters is 1. The number of nitrogens with one attached hydrogen (secondary N) is 1. The van der Waals surface area contributed by atoms with Gasteiger partial charge in [-0.05, 0) is 51.4 Å². The molecule has 0 heterocycles. The fourth-order valence-corrected chi connectivity index (χ4v) is 11.1. The van der Waals surface area contributed by atoms with Crippen molar-refractivity contribution in [3.05, 3.63) is 12.2 Å². The van der Waals surface area contributed by atoms with Crippen LogP contribution >= 0.6 is 0 Å². The zero-order valence-corrected chi connectivity index (χ0v) is 51.1. The Balaban J connectivity index is 3.33. The maximum atomic E-state index is 12.5. The number of hydrogen-bond acceptors (Lipinski definition) is 5. The van der Waals surface area contributed by atoms with E-state index >= 15 is 0 Å². The van der Waals surface area contributed by atoms with E-state index < -0.39 is 12.1 Å². The molecule has 3 N–H and O–H groups in total. The summed E-state index contributed by atoms with van der Waals surface area (Å²) >= 11 is 0. The Morgan fingerprint density at radius 1 is 0.360 bits per heavy atom. The van der Waals surface area contributed by atoms with Crippen molar-refractivity contribution >= 4 is 11.9 Å². The van der Waals surface area contributed by atoms with E-state index in [4.69, 9.17) is 4.74 Å². The predicted molar refractivity (Wildman–Crippen MR) is 329 cm³/mol. The van der Waals surface area contributed by atoms with Crippen LogP contribution in [0.25, 0.3) is 0 Å². The van der Waals surface area contributed by atoms with Crippen LogP contribution in [0.2, 0.25) is 0 Å². The number of allylic oxidation sites excluding steroid dienone is 2. The molecule has 6 heteroatoms. The number of carbonyl (C=O) groups excluding carboxylic acids is 2. The first-order valence-corrected chi connectivity index (χ1v) is 34.4. The summed E-state index contributed by atoms with van der Waals surface area (Å²) in [5.74, 6) is -0.00956. The lowest BCUT2D eigenvalue weighted by Gasteiger charge is -2.22. The summed E-state index contributed by atoms with van der Waals surface area (Å²) < 4.78 is 5.49. The third-order valence-electron chi connectivity index (χ3n) is 16.3. The molecule has 0 spiro atoms. The molecular formula is C69H135NO5. The number of carbonyl (C=O) groups is 2. The van der Waals surface area contributed by atoms with Crippen molar-refractivity contribution in [3.63, 3.8) is 0 Å². The van der Waals surface area contributed by atoms with Crippen LogP contribution in [0.3, 0.4) is 0 Å². The summed E-state index contributed by atoms with van der Waals surface area (Å²) in [6.45, 7) is 4.98. The van der Waals surface area contributed by atoms with Gasteiger partial charge in [-0.1, -0.05) is 341 Å². The number of amides is 1. The zero-order valence-electron chi connectivity index (χ0n) is 51.1. The second-order valence-electron chi connectivity index (χ2n) is 23.9. The summed E-state index contributed by atoms with van der Waals surface area (Å²) in [6.07, 6.45) is 79.8. The first-order valence-electron chi connectivity index (χ1n) is 34.4. The molecule has 2 atom stereocenters. The Kier molecular flexibility index (Phi) is 63.9. The Hall–Kier alpha value is -1.40. The summed E-state index contributed by atoms with van der Waals surface area (Å²) in [5, 5.41) is 23.3. The largest absolute Gasteiger partial charge is 0.466 e. The van der Waals surface area contributed by atoms with Crippen LogP contribution in [-0.4, -0.2) is 47.4 Å². The van der Waals surface area contributed by atoms with E-state index in [1.54, 1.807) is 0 Å². The van der Waals surface area contributed by atoms with Crippen LogP contribution in [-0.2, 0) is 14.3 Å². The minimum atomic E-state index is -0.661. The number of aliphatic hydroxyl groups excluding tert-OH is 2. The topological polar surface area (TPSA) is 95.9 Å². The molecule has 0 aromatic heterocycles. The molecule has 0 aliphatic rings. The molecule has 0 saturated carbocycles. The second kappa shape index (κ2) is 65.1.